The highest BCUT2D eigenvalue weighted by Gasteiger charge is 2.20. The van der Waals surface area contributed by atoms with E-state index in [-0.39, 0.29) is 0 Å². The van der Waals surface area contributed by atoms with Crippen LogP contribution in [0.25, 0.3) is 0 Å². The van der Waals surface area contributed by atoms with E-state index in [4.69, 9.17) is 4.74 Å². The Bertz CT molecular complexity index is 185. The fraction of sp³-hybridized carbons (Fsp3) is 1.00. The summed E-state index contributed by atoms with van der Waals surface area (Å²) >= 11 is 0. The molecule has 0 amide bonds. The molecule has 0 aliphatic carbocycles. The normalized spacial score (nSPS) is 24.9. The fourth-order valence-electron chi connectivity index (χ4n) is 2.12. The van der Waals surface area contributed by atoms with Crippen molar-refractivity contribution in [3.63, 3.8) is 0 Å². The average Bonchev–Trinajstić information content (AvgIpc) is 2.21. The van der Waals surface area contributed by atoms with Crippen LogP contribution < -0.4 is 5.32 Å². The maximum atomic E-state index is 5.45. The van der Waals surface area contributed by atoms with Gasteiger partial charge in [-0.3, -0.25) is 4.90 Å². The second-order valence-electron chi connectivity index (χ2n) is 5.58. The first kappa shape index (κ1) is 13.9. The van der Waals surface area contributed by atoms with E-state index in [1.807, 2.05) is 0 Å². The van der Waals surface area contributed by atoms with Crippen molar-refractivity contribution in [3.8, 4) is 0 Å². The lowest BCUT2D eigenvalue weighted by molar-refractivity contribution is -0.00613. The summed E-state index contributed by atoms with van der Waals surface area (Å²) in [6.45, 7) is 15.4. The average molecular weight is 228 g/mol. The molecule has 2 unspecified atom stereocenters. The van der Waals surface area contributed by atoms with Crippen LogP contribution in [0.4, 0.5) is 0 Å². The second kappa shape index (κ2) is 7.25. The van der Waals surface area contributed by atoms with Crippen LogP contribution in [0.15, 0.2) is 0 Å². The number of hydrogen-bond acceptors (Lipinski definition) is 3. The Hall–Kier alpha value is -0.120. The van der Waals surface area contributed by atoms with E-state index in [0.29, 0.717) is 6.04 Å². The SMILES string of the molecule is CC(C)CNCC(C)CN1CCOCC1C. The van der Waals surface area contributed by atoms with Gasteiger partial charge in [0, 0.05) is 19.1 Å². The Balaban J connectivity index is 2.14. The molecule has 96 valence electrons. The van der Waals surface area contributed by atoms with Gasteiger partial charge in [0.25, 0.3) is 0 Å². The van der Waals surface area contributed by atoms with Crippen LogP contribution in [-0.2, 0) is 4.74 Å². The molecular weight excluding hydrogens is 200 g/mol. The van der Waals surface area contributed by atoms with Crippen molar-refractivity contribution in [2.75, 3.05) is 39.4 Å². The van der Waals surface area contributed by atoms with E-state index >= 15 is 0 Å². The summed E-state index contributed by atoms with van der Waals surface area (Å²) in [5.74, 6) is 1.47. The molecule has 0 spiro atoms. The minimum atomic E-state index is 0.585. The highest BCUT2D eigenvalue weighted by atomic mass is 16.5. The Morgan fingerprint density at radius 1 is 1.31 bits per heavy atom. The van der Waals surface area contributed by atoms with E-state index < -0.39 is 0 Å². The smallest absolute Gasteiger partial charge is 0.0619 e. The van der Waals surface area contributed by atoms with E-state index in [1.165, 1.54) is 6.54 Å². The molecule has 1 heterocycles. The van der Waals surface area contributed by atoms with Gasteiger partial charge in [-0.05, 0) is 31.8 Å². The van der Waals surface area contributed by atoms with Crippen LogP contribution >= 0.6 is 0 Å². The van der Waals surface area contributed by atoms with Gasteiger partial charge in [0.1, 0.15) is 0 Å². The molecule has 1 fully saturated rings. The molecule has 1 saturated heterocycles. The molecule has 1 rings (SSSR count). The molecule has 0 aromatic rings. The molecule has 1 aliphatic rings. The van der Waals surface area contributed by atoms with E-state index in [9.17, 15) is 0 Å². The standard InChI is InChI=1S/C13H28N2O/c1-11(2)7-14-8-12(3)9-15-5-6-16-10-13(15)4/h11-14H,5-10H2,1-4H3. The molecule has 0 aromatic carbocycles. The summed E-state index contributed by atoms with van der Waals surface area (Å²) in [6, 6.07) is 0.585. The minimum Gasteiger partial charge on any atom is -0.379 e. The molecule has 0 radical (unpaired) electrons. The van der Waals surface area contributed by atoms with Gasteiger partial charge in [-0.25, -0.2) is 0 Å². The summed E-state index contributed by atoms with van der Waals surface area (Å²) in [7, 11) is 0. The summed E-state index contributed by atoms with van der Waals surface area (Å²) in [4.78, 5) is 2.55. The maximum absolute atomic E-state index is 5.45. The van der Waals surface area contributed by atoms with Gasteiger partial charge < -0.3 is 10.1 Å². The summed E-state index contributed by atoms with van der Waals surface area (Å²) in [5.41, 5.74) is 0. The lowest BCUT2D eigenvalue weighted by Gasteiger charge is -2.35. The predicted molar refractivity (Wildman–Crippen MR) is 68.7 cm³/mol. The van der Waals surface area contributed by atoms with Gasteiger partial charge in [0.05, 0.1) is 13.2 Å². The molecule has 3 nitrogen and oxygen atoms in total. The van der Waals surface area contributed by atoms with Crippen molar-refractivity contribution < 1.29 is 4.74 Å². The number of rotatable bonds is 6. The van der Waals surface area contributed by atoms with Gasteiger partial charge in [-0.1, -0.05) is 20.8 Å². The Morgan fingerprint density at radius 3 is 2.69 bits per heavy atom. The van der Waals surface area contributed by atoms with Crippen LogP contribution in [0.3, 0.4) is 0 Å². The molecule has 0 saturated carbocycles. The Morgan fingerprint density at radius 2 is 2.06 bits per heavy atom. The zero-order valence-electron chi connectivity index (χ0n) is 11.3. The van der Waals surface area contributed by atoms with E-state index in [0.717, 1.165) is 44.7 Å². The van der Waals surface area contributed by atoms with Gasteiger partial charge in [-0.15, -0.1) is 0 Å². The first-order chi connectivity index (χ1) is 7.59. The highest BCUT2D eigenvalue weighted by Crippen LogP contribution is 2.09. The number of morpholine rings is 1. The molecule has 1 N–H and O–H groups in total. The molecular formula is C13H28N2O. The van der Waals surface area contributed by atoms with Crippen LogP contribution in [0.1, 0.15) is 27.7 Å². The quantitative estimate of drug-likeness (QED) is 0.747. The number of ether oxygens (including phenoxy) is 1. The maximum Gasteiger partial charge on any atom is 0.0619 e. The number of nitrogens with one attached hydrogen (secondary N) is 1. The minimum absolute atomic E-state index is 0.585. The van der Waals surface area contributed by atoms with Crippen molar-refractivity contribution in [1.82, 2.24) is 10.2 Å². The zero-order chi connectivity index (χ0) is 12.0. The van der Waals surface area contributed by atoms with Crippen LogP contribution in [-0.4, -0.2) is 50.3 Å². The molecule has 1 aliphatic heterocycles. The monoisotopic (exact) mass is 228 g/mol. The highest BCUT2D eigenvalue weighted by molar-refractivity contribution is 4.73. The predicted octanol–water partition coefficient (Wildman–Crippen LogP) is 1.59. The first-order valence-corrected chi connectivity index (χ1v) is 6.62. The van der Waals surface area contributed by atoms with Crippen LogP contribution in [0.5, 0.6) is 0 Å². The third-order valence-electron chi connectivity index (χ3n) is 3.10. The van der Waals surface area contributed by atoms with E-state index in [2.05, 4.69) is 37.9 Å². The van der Waals surface area contributed by atoms with Crippen molar-refractivity contribution in [3.05, 3.63) is 0 Å². The molecule has 0 bridgehead atoms. The molecule has 0 aromatic heterocycles. The topological polar surface area (TPSA) is 24.5 Å². The lowest BCUT2D eigenvalue weighted by atomic mass is 10.1. The number of nitrogens with zero attached hydrogens (tertiary/aromatic N) is 1. The van der Waals surface area contributed by atoms with Gasteiger partial charge in [0.15, 0.2) is 0 Å². The third-order valence-corrected chi connectivity index (χ3v) is 3.10. The zero-order valence-corrected chi connectivity index (χ0v) is 11.3. The number of hydrogen-bond donors (Lipinski definition) is 1. The fourth-order valence-corrected chi connectivity index (χ4v) is 2.12. The van der Waals surface area contributed by atoms with Gasteiger partial charge in [0.2, 0.25) is 0 Å². The van der Waals surface area contributed by atoms with Crippen molar-refractivity contribution in [2.45, 2.75) is 33.7 Å². The van der Waals surface area contributed by atoms with Crippen molar-refractivity contribution in [1.29, 1.82) is 0 Å². The second-order valence-corrected chi connectivity index (χ2v) is 5.58. The van der Waals surface area contributed by atoms with Crippen LogP contribution in [0.2, 0.25) is 0 Å². The lowest BCUT2D eigenvalue weighted by Crippen LogP contribution is -2.46. The molecule has 16 heavy (non-hydrogen) atoms. The Labute approximate surface area is 101 Å². The molecule has 2 atom stereocenters. The first-order valence-electron chi connectivity index (χ1n) is 6.62. The largest absolute Gasteiger partial charge is 0.379 e. The summed E-state index contributed by atoms with van der Waals surface area (Å²) in [6.07, 6.45) is 0. The summed E-state index contributed by atoms with van der Waals surface area (Å²) in [5, 5.41) is 3.53. The van der Waals surface area contributed by atoms with Gasteiger partial charge >= 0.3 is 0 Å². The summed E-state index contributed by atoms with van der Waals surface area (Å²) < 4.78 is 5.45. The van der Waals surface area contributed by atoms with Crippen molar-refractivity contribution >= 4 is 0 Å². The van der Waals surface area contributed by atoms with Gasteiger partial charge in [-0.2, -0.15) is 0 Å². The third kappa shape index (κ3) is 5.28. The van der Waals surface area contributed by atoms with E-state index in [1.54, 1.807) is 0 Å². The van der Waals surface area contributed by atoms with Crippen molar-refractivity contribution in [2.24, 2.45) is 11.8 Å². The van der Waals surface area contributed by atoms with Crippen LogP contribution in [0, 0.1) is 11.8 Å². The molecule has 3 heteroatoms. The Kier molecular flexibility index (Phi) is 6.32.